The molecular weight excluding hydrogens is 178 g/mol. The van der Waals surface area contributed by atoms with Crippen molar-refractivity contribution in [3.8, 4) is 0 Å². The Kier molecular flexibility index (Phi) is 1.38. The van der Waals surface area contributed by atoms with Crippen LogP contribution >= 0.6 is 0 Å². The largest absolute Gasteiger partial charge is 0.244 e. The zero-order valence-corrected chi connectivity index (χ0v) is 7.12. The average molecular weight is 183 g/mol. The molecule has 0 bridgehead atoms. The third-order valence-electron chi connectivity index (χ3n) is 1.96. The van der Waals surface area contributed by atoms with Gasteiger partial charge in [-0.2, -0.15) is 0 Å². The molecule has 3 aromatic heterocycles. The predicted octanol–water partition coefficient (Wildman–Crippen LogP) is 0.968. The summed E-state index contributed by atoms with van der Waals surface area (Å²) in [5, 5.41) is 0.888. The molecule has 0 saturated carbocycles. The fraction of sp³-hybridized carbons (Fsp3) is 0. The van der Waals surface area contributed by atoms with Crippen LogP contribution in [0.4, 0.5) is 0 Å². The molecule has 0 fully saturated rings. The lowest BCUT2D eigenvalue weighted by Gasteiger charge is -1.97. The molecule has 0 N–H and O–H groups in total. The maximum absolute atomic E-state index is 4.30. The van der Waals surface area contributed by atoms with Crippen molar-refractivity contribution in [1.82, 2.24) is 24.9 Å². The van der Waals surface area contributed by atoms with Gasteiger partial charge in [0.05, 0.1) is 11.7 Å². The molecule has 0 aromatic carbocycles. The van der Waals surface area contributed by atoms with Crippen LogP contribution in [0.5, 0.6) is 0 Å². The number of aromatic nitrogens is 5. The van der Waals surface area contributed by atoms with Crippen molar-refractivity contribution in [1.29, 1.82) is 0 Å². The first-order chi connectivity index (χ1) is 6.93. The summed E-state index contributed by atoms with van der Waals surface area (Å²) >= 11 is 0. The second-order valence-electron chi connectivity index (χ2n) is 2.85. The highest BCUT2D eigenvalue weighted by atomic mass is 14.9. The molecule has 3 aromatic rings. The molecule has 0 saturated heterocycles. The van der Waals surface area contributed by atoms with Gasteiger partial charge in [0.1, 0.15) is 18.2 Å². The molecule has 0 unspecified atom stereocenters. The molecule has 0 aliphatic carbocycles. The fourth-order valence-corrected chi connectivity index (χ4v) is 1.32. The summed E-state index contributed by atoms with van der Waals surface area (Å²) in [4.78, 5) is 20.3. The average Bonchev–Trinajstić information content (AvgIpc) is 2.26. The van der Waals surface area contributed by atoms with Crippen LogP contribution in [0.1, 0.15) is 0 Å². The molecule has 0 spiro atoms. The first kappa shape index (κ1) is 7.25. The third kappa shape index (κ3) is 0.990. The topological polar surface area (TPSA) is 64.5 Å². The Balaban J connectivity index is 2.52. The standard InChI is InChI=1S/C9H5N5/c1-6-2-10-5-13-9(6)14-8-3-11-4-12-7(1)8/h1-5H. The van der Waals surface area contributed by atoms with Gasteiger partial charge in [0.2, 0.25) is 0 Å². The minimum atomic E-state index is 0.669. The lowest BCUT2D eigenvalue weighted by molar-refractivity contribution is 1.17. The highest BCUT2D eigenvalue weighted by Crippen LogP contribution is 2.13. The molecule has 66 valence electrons. The van der Waals surface area contributed by atoms with E-state index in [-0.39, 0.29) is 0 Å². The van der Waals surface area contributed by atoms with E-state index in [0.29, 0.717) is 5.65 Å². The Labute approximate surface area is 78.9 Å². The molecule has 3 rings (SSSR count). The fourth-order valence-electron chi connectivity index (χ4n) is 1.32. The molecule has 0 atom stereocenters. The maximum atomic E-state index is 4.30. The zero-order valence-electron chi connectivity index (χ0n) is 7.12. The van der Waals surface area contributed by atoms with Crippen LogP contribution < -0.4 is 0 Å². The first-order valence-corrected chi connectivity index (χ1v) is 4.10. The van der Waals surface area contributed by atoms with E-state index in [9.17, 15) is 0 Å². The summed E-state index contributed by atoms with van der Waals surface area (Å²) in [6.07, 6.45) is 6.37. The van der Waals surface area contributed by atoms with Gasteiger partial charge in [0.15, 0.2) is 5.65 Å². The van der Waals surface area contributed by atoms with Crippen LogP contribution in [0.3, 0.4) is 0 Å². The van der Waals surface area contributed by atoms with Gasteiger partial charge in [0.25, 0.3) is 0 Å². The van der Waals surface area contributed by atoms with E-state index in [2.05, 4.69) is 24.9 Å². The normalized spacial score (nSPS) is 10.9. The van der Waals surface area contributed by atoms with Crippen molar-refractivity contribution in [2.45, 2.75) is 0 Å². The van der Waals surface area contributed by atoms with Crippen molar-refractivity contribution in [3.05, 3.63) is 31.1 Å². The van der Waals surface area contributed by atoms with Gasteiger partial charge >= 0.3 is 0 Å². The predicted molar refractivity (Wildman–Crippen MR) is 50.4 cm³/mol. The van der Waals surface area contributed by atoms with Crippen LogP contribution in [-0.4, -0.2) is 24.9 Å². The molecule has 14 heavy (non-hydrogen) atoms. The van der Waals surface area contributed by atoms with E-state index in [0.717, 1.165) is 16.4 Å². The Morgan fingerprint density at radius 3 is 2.71 bits per heavy atom. The Hall–Kier alpha value is -2.17. The Morgan fingerprint density at radius 2 is 1.71 bits per heavy atom. The summed E-state index contributed by atoms with van der Waals surface area (Å²) in [6.45, 7) is 0. The molecule has 5 heteroatoms. The molecular formula is C9H5N5. The quantitative estimate of drug-likeness (QED) is 0.486. The van der Waals surface area contributed by atoms with E-state index in [4.69, 9.17) is 0 Å². The minimum Gasteiger partial charge on any atom is -0.244 e. The number of pyridine rings is 1. The molecule has 0 amide bonds. The van der Waals surface area contributed by atoms with Gasteiger partial charge in [0, 0.05) is 11.6 Å². The summed E-state index contributed by atoms with van der Waals surface area (Å²) in [5.41, 5.74) is 2.23. The molecule has 0 radical (unpaired) electrons. The van der Waals surface area contributed by atoms with E-state index < -0.39 is 0 Å². The SMILES string of the molecule is c1ncc2nc3ncncc3cc2n1. The van der Waals surface area contributed by atoms with Gasteiger partial charge in [-0.05, 0) is 6.07 Å². The Bertz CT molecular complexity index is 502. The van der Waals surface area contributed by atoms with Crippen LogP contribution in [0.2, 0.25) is 0 Å². The van der Waals surface area contributed by atoms with Crippen molar-refractivity contribution in [2.75, 3.05) is 0 Å². The van der Waals surface area contributed by atoms with Gasteiger partial charge in [-0.1, -0.05) is 0 Å². The van der Waals surface area contributed by atoms with Gasteiger partial charge < -0.3 is 0 Å². The minimum absolute atomic E-state index is 0.669. The van der Waals surface area contributed by atoms with Gasteiger partial charge in [-0.15, -0.1) is 0 Å². The van der Waals surface area contributed by atoms with E-state index in [1.54, 1.807) is 12.4 Å². The van der Waals surface area contributed by atoms with Crippen LogP contribution in [0, 0.1) is 0 Å². The number of hydrogen-bond donors (Lipinski definition) is 0. The monoisotopic (exact) mass is 183 g/mol. The van der Waals surface area contributed by atoms with E-state index in [1.807, 2.05) is 6.07 Å². The molecule has 3 heterocycles. The van der Waals surface area contributed by atoms with Crippen molar-refractivity contribution in [2.24, 2.45) is 0 Å². The number of nitrogens with zero attached hydrogens (tertiary/aromatic N) is 5. The summed E-state index contributed by atoms with van der Waals surface area (Å²) in [7, 11) is 0. The maximum Gasteiger partial charge on any atom is 0.163 e. The second-order valence-corrected chi connectivity index (χ2v) is 2.85. The highest BCUT2D eigenvalue weighted by molar-refractivity contribution is 5.87. The lowest BCUT2D eigenvalue weighted by Crippen LogP contribution is -1.89. The molecule has 5 nitrogen and oxygen atoms in total. The van der Waals surface area contributed by atoms with E-state index >= 15 is 0 Å². The van der Waals surface area contributed by atoms with Crippen LogP contribution in [-0.2, 0) is 0 Å². The summed E-state index contributed by atoms with van der Waals surface area (Å²) in [5.74, 6) is 0. The first-order valence-electron chi connectivity index (χ1n) is 4.10. The lowest BCUT2D eigenvalue weighted by atomic mass is 10.3. The van der Waals surface area contributed by atoms with Crippen molar-refractivity contribution in [3.63, 3.8) is 0 Å². The van der Waals surface area contributed by atoms with Crippen LogP contribution in [0.25, 0.3) is 22.1 Å². The summed E-state index contributed by atoms with van der Waals surface area (Å²) < 4.78 is 0. The van der Waals surface area contributed by atoms with Gasteiger partial charge in [-0.3, -0.25) is 0 Å². The van der Waals surface area contributed by atoms with Crippen molar-refractivity contribution < 1.29 is 0 Å². The molecule has 0 aliphatic rings. The van der Waals surface area contributed by atoms with Gasteiger partial charge in [-0.25, -0.2) is 24.9 Å². The third-order valence-corrected chi connectivity index (χ3v) is 1.96. The number of rotatable bonds is 0. The zero-order chi connectivity index (χ0) is 9.38. The van der Waals surface area contributed by atoms with Crippen LogP contribution in [0.15, 0.2) is 31.1 Å². The smallest absolute Gasteiger partial charge is 0.163 e. The van der Waals surface area contributed by atoms with Crippen molar-refractivity contribution >= 4 is 22.1 Å². The number of fused-ring (bicyclic) bond motifs is 2. The highest BCUT2D eigenvalue weighted by Gasteiger charge is 2.00. The van der Waals surface area contributed by atoms with E-state index in [1.165, 1.54) is 12.7 Å². The number of hydrogen-bond acceptors (Lipinski definition) is 5. The second kappa shape index (κ2) is 2.66. The Morgan fingerprint density at radius 1 is 0.857 bits per heavy atom. The summed E-state index contributed by atoms with van der Waals surface area (Å²) in [6, 6.07) is 1.90. The molecule has 0 aliphatic heterocycles.